The second-order valence-corrected chi connectivity index (χ2v) is 5.48. The Hall–Kier alpha value is -2.41. The summed E-state index contributed by atoms with van der Waals surface area (Å²) in [7, 11) is 0. The van der Waals surface area contributed by atoms with E-state index in [9.17, 15) is 14.4 Å². The second kappa shape index (κ2) is 5.76. The van der Waals surface area contributed by atoms with Gasteiger partial charge in [-0.3, -0.25) is 14.4 Å². The number of rotatable bonds is 3. The minimum absolute atomic E-state index is 0.0422. The van der Waals surface area contributed by atoms with Crippen molar-refractivity contribution >= 4 is 16.9 Å². The Morgan fingerprint density at radius 2 is 2.00 bits per heavy atom. The normalized spacial score (nSPS) is 19.2. The largest absolute Gasteiger partial charge is 0.376 e. The Labute approximate surface area is 125 Å². The van der Waals surface area contributed by atoms with E-state index in [0.717, 1.165) is 19.4 Å². The Kier molecular flexibility index (Phi) is 3.81. The van der Waals surface area contributed by atoms with Gasteiger partial charge in [0.2, 0.25) is 0 Å². The van der Waals surface area contributed by atoms with Crippen molar-refractivity contribution in [3.63, 3.8) is 0 Å². The summed E-state index contributed by atoms with van der Waals surface area (Å²) in [5, 5.41) is 2.90. The molecule has 1 saturated heterocycles. The van der Waals surface area contributed by atoms with Crippen LogP contribution in [0.2, 0.25) is 0 Å². The van der Waals surface area contributed by atoms with Crippen LogP contribution in [-0.2, 0) is 4.74 Å². The van der Waals surface area contributed by atoms with Crippen LogP contribution in [0.25, 0.3) is 11.0 Å². The topological polar surface area (TPSA) is 104 Å². The average Bonchev–Trinajstić information content (AvgIpc) is 3.02. The number of hydrogen-bond acceptors (Lipinski definition) is 4. The predicted molar refractivity (Wildman–Crippen MR) is 81.1 cm³/mol. The summed E-state index contributed by atoms with van der Waals surface area (Å²) in [5.41, 5.74) is -0.134. The van der Waals surface area contributed by atoms with Crippen molar-refractivity contribution in [2.45, 2.75) is 31.9 Å². The summed E-state index contributed by atoms with van der Waals surface area (Å²) in [6.07, 6.45) is 1.99. The van der Waals surface area contributed by atoms with Crippen LogP contribution in [0.3, 0.4) is 0 Å². The fraction of sp³-hybridized carbons (Fsp3) is 0.400. The van der Waals surface area contributed by atoms with E-state index in [4.69, 9.17) is 4.74 Å². The van der Waals surface area contributed by atoms with Gasteiger partial charge in [0.05, 0.1) is 23.2 Å². The van der Waals surface area contributed by atoms with Crippen molar-refractivity contribution in [2.24, 2.45) is 0 Å². The minimum atomic E-state index is -0.738. The molecule has 116 valence electrons. The van der Waals surface area contributed by atoms with Crippen LogP contribution in [0.15, 0.2) is 27.8 Å². The van der Waals surface area contributed by atoms with Crippen molar-refractivity contribution < 1.29 is 9.53 Å². The Bertz CT molecular complexity index is 817. The molecule has 1 aromatic carbocycles. The summed E-state index contributed by atoms with van der Waals surface area (Å²) in [6, 6.07) is 4.66. The van der Waals surface area contributed by atoms with Gasteiger partial charge in [0.15, 0.2) is 0 Å². The molecule has 1 fully saturated rings. The molecule has 2 unspecified atom stereocenters. The van der Waals surface area contributed by atoms with Crippen molar-refractivity contribution in [1.29, 1.82) is 0 Å². The van der Waals surface area contributed by atoms with E-state index < -0.39 is 11.1 Å². The average molecular weight is 303 g/mol. The number of aromatic amines is 2. The lowest BCUT2D eigenvalue weighted by Gasteiger charge is -2.20. The Morgan fingerprint density at radius 1 is 1.27 bits per heavy atom. The maximum absolute atomic E-state index is 12.3. The zero-order chi connectivity index (χ0) is 15.7. The quantitative estimate of drug-likeness (QED) is 0.719. The lowest BCUT2D eigenvalue weighted by Crippen LogP contribution is -2.40. The highest BCUT2D eigenvalue weighted by Crippen LogP contribution is 2.16. The van der Waals surface area contributed by atoms with Crippen LogP contribution in [0, 0.1) is 0 Å². The molecule has 0 aliphatic carbocycles. The molecule has 1 aromatic heterocycles. The summed E-state index contributed by atoms with van der Waals surface area (Å²) in [6.45, 7) is 2.64. The first-order valence-electron chi connectivity index (χ1n) is 7.23. The van der Waals surface area contributed by atoms with Gasteiger partial charge in [-0.25, -0.2) is 0 Å². The van der Waals surface area contributed by atoms with E-state index in [1.807, 2.05) is 6.92 Å². The number of hydrogen-bond donors (Lipinski definition) is 3. The molecule has 1 amide bonds. The number of benzene rings is 1. The van der Waals surface area contributed by atoms with E-state index in [1.54, 1.807) is 18.2 Å². The fourth-order valence-corrected chi connectivity index (χ4v) is 2.64. The van der Waals surface area contributed by atoms with E-state index in [0.29, 0.717) is 16.6 Å². The molecule has 7 heteroatoms. The number of amides is 1. The van der Waals surface area contributed by atoms with Crippen molar-refractivity contribution in [2.75, 3.05) is 6.61 Å². The van der Waals surface area contributed by atoms with E-state index >= 15 is 0 Å². The third-order valence-electron chi connectivity index (χ3n) is 3.87. The molecule has 3 rings (SSSR count). The fourth-order valence-electron chi connectivity index (χ4n) is 2.64. The van der Waals surface area contributed by atoms with E-state index in [2.05, 4.69) is 15.3 Å². The number of ether oxygens (including phenoxy) is 1. The summed E-state index contributed by atoms with van der Waals surface area (Å²) >= 11 is 0. The van der Waals surface area contributed by atoms with Gasteiger partial charge in [0.1, 0.15) is 0 Å². The number of nitrogens with one attached hydrogen (secondary N) is 3. The molecule has 7 nitrogen and oxygen atoms in total. The highest BCUT2D eigenvalue weighted by Gasteiger charge is 2.24. The molecule has 1 aliphatic rings. The lowest BCUT2D eigenvalue weighted by molar-refractivity contribution is 0.0712. The monoisotopic (exact) mass is 303 g/mol. The van der Waals surface area contributed by atoms with Crippen LogP contribution >= 0.6 is 0 Å². The smallest absolute Gasteiger partial charge is 0.314 e. The van der Waals surface area contributed by atoms with E-state index in [-0.39, 0.29) is 18.1 Å². The van der Waals surface area contributed by atoms with Gasteiger partial charge >= 0.3 is 11.1 Å². The van der Waals surface area contributed by atoms with Crippen LogP contribution in [0.1, 0.15) is 30.1 Å². The van der Waals surface area contributed by atoms with Crippen LogP contribution in [-0.4, -0.2) is 34.6 Å². The molecule has 1 aliphatic heterocycles. The molecular weight excluding hydrogens is 286 g/mol. The Morgan fingerprint density at radius 3 is 2.68 bits per heavy atom. The van der Waals surface area contributed by atoms with Gasteiger partial charge in [0.25, 0.3) is 5.91 Å². The third-order valence-corrected chi connectivity index (χ3v) is 3.87. The Balaban J connectivity index is 1.83. The highest BCUT2D eigenvalue weighted by molar-refractivity contribution is 5.97. The standard InChI is InChI=1S/C15H17N3O4/c1-8(12-3-2-6-22-12)16-13(19)9-4-5-10-11(7-9)18-15(21)14(20)17-10/h4-5,7-8,12H,2-3,6H2,1H3,(H,16,19)(H,17,20)(H,18,21). The zero-order valence-corrected chi connectivity index (χ0v) is 12.1. The molecule has 2 aromatic rings. The van der Waals surface area contributed by atoms with Crippen LogP contribution in [0.5, 0.6) is 0 Å². The number of carbonyl (C=O) groups excluding carboxylic acids is 1. The maximum atomic E-state index is 12.3. The zero-order valence-electron chi connectivity index (χ0n) is 12.1. The molecule has 3 N–H and O–H groups in total. The molecule has 0 radical (unpaired) electrons. The van der Waals surface area contributed by atoms with Crippen LogP contribution < -0.4 is 16.4 Å². The van der Waals surface area contributed by atoms with Crippen LogP contribution in [0.4, 0.5) is 0 Å². The summed E-state index contributed by atoms with van der Waals surface area (Å²) < 4.78 is 5.55. The number of aromatic nitrogens is 2. The molecular formula is C15H17N3O4. The van der Waals surface area contributed by atoms with Gasteiger partial charge in [-0.2, -0.15) is 0 Å². The molecule has 2 atom stereocenters. The molecule has 22 heavy (non-hydrogen) atoms. The van der Waals surface area contributed by atoms with Crippen molar-refractivity contribution in [1.82, 2.24) is 15.3 Å². The van der Waals surface area contributed by atoms with Crippen molar-refractivity contribution in [3.8, 4) is 0 Å². The van der Waals surface area contributed by atoms with Gasteiger partial charge in [-0.05, 0) is 38.0 Å². The SMILES string of the molecule is CC(NC(=O)c1ccc2[nH]c(=O)c(=O)[nH]c2c1)C1CCCO1. The van der Waals surface area contributed by atoms with Gasteiger partial charge < -0.3 is 20.0 Å². The highest BCUT2D eigenvalue weighted by atomic mass is 16.5. The first-order valence-corrected chi connectivity index (χ1v) is 7.23. The number of H-pyrrole nitrogens is 2. The molecule has 0 saturated carbocycles. The first-order chi connectivity index (χ1) is 10.5. The summed E-state index contributed by atoms with van der Waals surface area (Å²) in [4.78, 5) is 39.8. The van der Waals surface area contributed by atoms with Gasteiger partial charge in [-0.1, -0.05) is 0 Å². The summed E-state index contributed by atoms with van der Waals surface area (Å²) in [5.74, 6) is -0.239. The van der Waals surface area contributed by atoms with Crippen molar-refractivity contribution in [3.05, 3.63) is 44.5 Å². The second-order valence-electron chi connectivity index (χ2n) is 5.48. The maximum Gasteiger partial charge on any atom is 0.314 e. The van der Waals surface area contributed by atoms with Gasteiger partial charge in [-0.15, -0.1) is 0 Å². The lowest BCUT2D eigenvalue weighted by atomic mass is 10.1. The molecule has 0 bridgehead atoms. The predicted octanol–water partition coefficient (Wildman–Crippen LogP) is 0.514. The third kappa shape index (κ3) is 2.80. The minimum Gasteiger partial charge on any atom is -0.376 e. The molecule has 2 heterocycles. The van der Waals surface area contributed by atoms with Gasteiger partial charge in [0, 0.05) is 12.2 Å². The molecule has 0 spiro atoms. The van der Waals surface area contributed by atoms with E-state index in [1.165, 1.54) is 0 Å². The number of carbonyl (C=O) groups is 1. The number of fused-ring (bicyclic) bond motifs is 1. The first kappa shape index (κ1) is 14.5.